The van der Waals surface area contributed by atoms with Crippen molar-refractivity contribution in [3.8, 4) is 0 Å². The van der Waals surface area contributed by atoms with Crippen LogP contribution in [0, 0.1) is 13.0 Å². The molecule has 0 aromatic heterocycles. The summed E-state index contributed by atoms with van der Waals surface area (Å²) in [5.41, 5.74) is 6.48. The van der Waals surface area contributed by atoms with Gasteiger partial charge >= 0.3 is 0 Å². The number of nitrogens with one attached hydrogen (secondary N) is 1. The van der Waals surface area contributed by atoms with Crippen LogP contribution in [0.5, 0.6) is 0 Å². The van der Waals surface area contributed by atoms with E-state index in [0.29, 0.717) is 12.1 Å². The Bertz CT molecular complexity index is 633. The van der Waals surface area contributed by atoms with Crippen LogP contribution in [-0.2, 0) is 0 Å². The fourth-order valence-corrected chi connectivity index (χ4v) is 3.60. The normalized spacial score (nSPS) is 27.4. The van der Waals surface area contributed by atoms with Crippen molar-refractivity contribution in [2.45, 2.75) is 51.6 Å². The van der Waals surface area contributed by atoms with Crippen molar-refractivity contribution in [3.05, 3.63) is 53.3 Å². The van der Waals surface area contributed by atoms with Crippen molar-refractivity contribution >= 4 is 5.71 Å². The van der Waals surface area contributed by atoms with Crippen molar-refractivity contribution in [3.63, 3.8) is 0 Å². The molecule has 2 aliphatic carbocycles. The van der Waals surface area contributed by atoms with Crippen LogP contribution < -0.4 is 5.32 Å². The number of hydrogen-bond acceptors (Lipinski definition) is 3. The lowest BCUT2D eigenvalue weighted by Crippen LogP contribution is -2.39. The maximum absolute atomic E-state index is 6.34. The molecule has 0 saturated heterocycles. The van der Waals surface area contributed by atoms with Gasteiger partial charge in [0.25, 0.3) is 0 Å². The average Bonchev–Trinajstić information content (AvgIpc) is 2.82. The molecule has 0 atom stereocenters. The minimum Gasteiger partial charge on any atom is -0.382 e. The quantitative estimate of drug-likeness (QED) is 0.847. The molecule has 1 heterocycles. The molecule has 1 saturated carbocycles. The van der Waals surface area contributed by atoms with Gasteiger partial charge in [0.1, 0.15) is 0 Å². The highest BCUT2D eigenvalue weighted by Gasteiger charge is 2.25. The Labute approximate surface area is 143 Å². The third-order valence-corrected chi connectivity index (χ3v) is 5.33. The summed E-state index contributed by atoms with van der Waals surface area (Å²) in [5.74, 6) is 0. The van der Waals surface area contributed by atoms with Crippen molar-refractivity contribution in [2.75, 3.05) is 14.1 Å². The molecule has 1 fully saturated rings. The monoisotopic (exact) mass is 313 g/mol. The highest BCUT2D eigenvalue weighted by atomic mass is 15.1. The summed E-state index contributed by atoms with van der Waals surface area (Å²) < 4.78 is 0. The smallest absolute Gasteiger partial charge is 0.0561 e. The third-order valence-electron chi connectivity index (χ3n) is 5.33. The van der Waals surface area contributed by atoms with Crippen LogP contribution in [0.3, 0.4) is 0 Å². The van der Waals surface area contributed by atoms with Crippen LogP contribution in [0.15, 0.2) is 45.3 Å². The van der Waals surface area contributed by atoms with Gasteiger partial charge in [-0.25, -0.2) is 0 Å². The van der Waals surface area contributed by atoms with Gasteiger partial charge in [0, 0.05) is 38.3 Å². The van der Waals surface area contributed by atoms with Gasteiger partial charge in [-0.2, -0.15) is 0 Å². The molecular formula is C20H31N3. The topological polar surface area (TPSA) is 27.6 Å². The Morgan fingerprint density at radius 2 is 1.96 bits per heavy atom. The molecule has 23 heavy (non-hydrogen) atoms. The second kappa shape index (κ2) is 6.48. The van der Waals surface area contributed by atoms with Gasteiger partial charge in [-0.3, -0.25) is 4.99 Å². The fraction of sp³-hybridized carbons (Fsp3) is 0.500. The van der Waals surface area contributed by atoms with E-state index in [1.165, 1.54) is 36.8 Å². The second-order valence-corrected chi connectivity index (χ2v) is 7.08. The summed E-state index contributed by atoms with van der Waals surface area (Å²) in [6, 6.07) is 1.20. The highest BCUT2D eigenvalue weighted by molar-refractivity contribution is 6.14. The van der Waals surface area contributed by atoms with Gasteiger partial charge < -0.3 is 10.2 Å². The fourth-order valence-electron chi connectivity index (χ4n) is 3.60. The maximum Gasteiger partial charge on any atom is 0.0561 e. The molecule has 0 spiro atoms. The van der Waals surface area contributed by atoms with Gasteiger partial charge in [0.05, 0.1) is 5.71 Å². The number of allylic oxidation sites excluding steroid dienone is 5. The summed E-state index contributed by atoms with van der Waals surface area (Å²) >= 11 is 0. The predicted molar refractivity (Wildman–Crippen MR) is 101 cm³/mol. The van der Waals surface area contributed by atoms with E-state index in [-0.39, 0.29) is 2.85 Å². The van der Waals surface area contributed by atoms with Gasteiger partial charge in [0.2, 0.25) is 0 Å². The summed E-state index contributed by atoms with van der Waals surface area (Å²) in [7, 11) is 4.35. The summed E-state index contributed by atoms with van der Waals surface area (Å²) in [6.45, 7) is 10.5. The number of rotatable bonds is 4. The first-order valence-corrected chi connectivity index (χ1v) is 8.55. The van der Waals surface area contributed by atoms with E-state index in [1.807, 2.05) is 0 Å². The molecule has 0 aromatic rings. The van der Waals surface area contributed by atoms with Gasteiger partial charge in [-0.05, 0) is 77.4 Å². The first-order chi connectivity index (χ1) is 11.0. The Balaban J connectivity index is 0.00000156. The Morgan fingerprint density at radius 3 is 2.61 bits per heavy atom. The highest BCUT2D eigenvalue weighted by Crippen LogP contribution is 2.32. The lowest BCUT2D eigenvalue weighted by Gasteiger charge is -2.34. The van der Waals surface area contributed by atoms with Crippen molar-refractivity contribution in [1.82, 2.24) is 10.2 Å². The van der Waals surface area contributed by atoms with Crippen LogP contribution >= 0.6 is 0 Å². The lowest BCUT2D eigenvalue weighted by atomic mass is 9.89. The van der Waals surface area contributed by atoms with E-state index in [9.17, 15) is 0 Å². The molecule has 2 radical (unpaired) electrons. The Morgan fingerprint density at radius 1 is 1.26 bits per heavy atom. The molecule has 126 valence electrons. The van der Waals surface area contributed by atoms with Gasteiger partial charge in [-0.15, -0.1) is 0 Å². The number of fused-ring (bicyclic) bond motifs is 1. The lowest BCUT2D eigenvalue weighted by molar-refractivity contribution is 0.209. The van der Waals surface area contributed by atoms with Crippen LogP contribution in [0.2, 0.25) is 0 Å². The van der Waals surface area contributed by atoms with Crippen LogP contribution in [0.25, 0.3) is 0 Å². The molecule has 0 aromatic carbocycles. The van der Waals surface area contributed by atoms with E-state index < -0.39 is 0 Å². The zero-order valence-electron chi connectivity index (χ0n) is 14.7. The SMILES string of the molecule is [CH]=C(NC1CCC(N(C)C)CC1)C1=C[CH]C2=NC(C)=C(C)C2=C1.[HH].[HH]. The molecule has 3 rings (SSSR count). The van der Waals surface area contributed by atoms with Crippen molar-refractivity contribution in [1.29, 1.82) is 0 Å². The van der Waals surface area contributed by atoms with E-state index >= 15 is 0 Å². The van der Waals surface area contributed by atoms with Crippen molar-refractivity contribution < 1.29 is 2.85 Å². The molecule has 3 heteroatoms. The van der Waals surface area contributed by atoms with E-state index in [1.54, 1.807) is 0 Å². The van der Waals surface area contributed by atoms with Gasteiger partial charge in [-0.1, -0.05) is 6.08 Å². The average molecular weight is 313 g/mol. The Hall–Kier alpha value is -1.61. The maximum atomic E-state index is 6.34. The number of hydrogen-bond donors (Lipinski definition) is 1. The zero-order chi connectivity index (χ0) is 16.6. The minimum absolute atomic E-state index is 0. The van der Waals surface area contributed by atoms with Crippen LogP contribution in [0.4, 0.5) is 0 Å². The zero-order valence-corrected chi connectivity index (χ0v) is 14.7. The number of aliphatic imine (C=N–C) groups is 1. The molecule has 1 N–H and O–H groups in total. The minimum atomic E-state index is 0. The molecule has 0 unspecified atom stereocenters. The second-order valence-electron chi connectivity index (χ2n) is 7.08. The Kier molecular flexibility index (Phi) is 4.58. The standard InChI is InChI=1S/C20H27N3.2H2/c1-13-14(2)22-20-11-6-16(12-19(13)20)15(3)21-17-7-9-18(10-8-17)23(4)5;;/h3,6,11-12,17-18,21H,7-10H2,1-2,4-5H3;2*1H. The molecule has 3 aliphatic rings. The van der Waals surface area contributed by atoms with Crippen LogP contribution in [-0.4, -0.2) is 36.8 Å². The molecule has 0 amide bonds. The summed E-state index contributed by atoms with van der Waals surface area (Å²) in [6.07, 6.45) is 11.1. The molecule has 3 nitrogen and oxygen atoms in total. The first-order valence-electron chi connectivity index (χ1n) is 8.55. The number of nitrogens with zero attached hydrogens (tertiary/aromatic N) is 2. The van der Waals surface area contributed by atoms with E-state index in [4.69, 9.17) is 6.58 Å². The largest absolute Gasteiger partial charge is 0.382 e. The van der Waals surface area contributed by atoms with E-state index in [2.05, 4.69) is 61.7 Å². The molecular weight excluding hydrogens is 282 g/mol. The molecule has 0 bridgehead atoms. The summed E-state index contributed by atoms with van der Waals surface area (Å²) in [5, 5.41) is 3.54. The first kappa shape index (κ1) is 16.3. The third kappa shape index (κ3) is 3.35. The van der Waals surface area contributed by atoms with Gasteiger partial charge in [0.15, 0.2) is 0 Å². The van der Waals surface area contributed by atoms with Crippen LogP contribution in [0.1, 0.15) is 42.4 Å². The molecule has 1 aliphatic heterocycles. The van der Waals surface area contributed by atoms with Crippen molar-refractivity contribution in [2.24, 2.45) is 4.99 Å². The predicted octanol–water partition coefficient (Wildman–Crippen LogP) is 4.08. The van der Waals surface area contributed by atoms with E-state index in [0.717, 1.165) is 22.7 Å². The summed E-state index contributed by atoms with van der Waals surface area (Å²) in [4.78, 5) is 6.92.